The van der Waals surface area contributed by atoms with Gasteiger partial charge in [0.1, 0.15) is 6.33 Å². The van der Waals surface area contributed by atoms with E-state index in [0.717, 1.165) is 25.2 Å². The Kier molecular flexibility index (Phi) is 6.72. The fourth-order valence-electron chi connectivity index (χ4n) is 3.72. The van der Waals surface area contributed by atoms with Gasteiger partial charge in [-0.3, -0.25) is 14.3 Å². The van der Waals surface area contributed by atoms with Gasteiger partial charge in [0.2, 0.25) is 5.91 Å². The van der Waals surface area contributed by atoms with E-state index in [-0.39, 0.29) is 11.9 Å². The number of hydrogen-bond acceptors (Lipinski definition) is 5. The Morgan fingerprint density at radius 3 is 2.90 bits per heavy atom. The number of likely N-dealkylation sites (tertiary alicyclic amines) is 1. The van der Waals surface area contributed by atoms with Gasteiger partial charge in [0.25, 0.3) is 0 Å². The third-order valence-electron chi connectivity index (χ3n) is 5.35. The van der Waals surface area contributed by atoms with Crippen LogP contribution in [0.5, 0.6) is 0 Å². The number of amides is 1. The first-order valence-corrected chi connectivity index (χ1v) is 11.3. The van der Waals surface area contributed by atoms with Crippen molar-refractivity contribution in [2.75, 3.05) is 18.8 Å². The first kappa shape index (κ1) is 20.9. The van der Waals surface area contributed by atoms with Crippen molar-refractivity contribution in [3.8, 4) is 5.69 Å². The second kappa shape index (κ2) is 9.64. The van der Waals surface area contributed by atoms with Crippen molar-refractivity contribution in [2.45, 2.75) is 30.6 Å². The van der Waals surface area contributed by atoms with Crippen molar-refractivity contribution >= 4 is 29.3 Å². The molecule has 2 heterocycles. The molecule has 1 N–H and O–H groups in total. The summed E-state index contributed by atoms with van der Waals surface area (Å²) in [6.45, 7) is 4.07. The summed E-state index contributed by atoms with van der Waals surface area (Å²) in [6.07, 6.45) is 2.60. The maximum absolute atomic E-state index is 12.5. The summed E-state index contributed by atoms with van der Waals surface area (Å²) in [5.74, 6) is 0.309. The molecule has 2 atom stereocenters. The van der Waals surface area contributed by atoms with Crippen molar-refractivity contribution in [3.63, 3.8) is 0 Å². The van der Waals surface area contributed by atoms with Crippen LogP contribution in [0.1, 0.15) is 24.9 Å². The van der Waals surface area contributed by atoms with Crippen molar-refractivity contribution in [1.82, 2.24) is 25.0 Å². The Balaban J connectivity index is 1.29. The first-order chi connectivity index (χ1) is 14.6. The molecule has 0 spiro atoms. The lowest BCUT2D eigenvalue weighted by atomic mass is 10.1. The van der Waals surface area contributed by atoms with Crippen LogP contribution in [0.4, 0.5) is 0 Å². The summed E-state index contributed by atoms with van der Waals surface area (Å²) in [4.78, 5) is 14.9. The van der Waals surface area contributed by atoms with Crippen molar-refractivity contribution in [2.24, 2.45) is 0 Å². The number of nitrogens with one attached hydrogen (secondary N) is 1. The van der Waals surface area contributed by atoms with Gasteiger partial charge in [-0.25, -0.2) is 0 Å². The van der Waals surface area contributed by atoms with Crippen molar-refractivity contribution in [3.05, 3.63) is 71.5 Å². The fourth-order valence-corrected chi connectivity index (χ4v) is 4.65. The quantitative estimate of drug-likeness (QED) is 0.562. The third kappa shape index (κ3) is 5.03. The number of carbonyl (C=O) groups is 1. The molecule has 156 valence electrons. The molecule has 1 aliphatic heterocycles. The van der Waals surface area contributed by atoms with E-state index in [2.05, 4.69) is 51.6 Å². The summed E-state index contributed by atoms with van der Waals surface area (Å²) in [5.41, 5.74) is 2.18. The lowest BCUT2D eigenvalue weighted by Gasteiger charge is -2.24. The molecule has 0 saturated carbocycles. The molecule has 0 aliphatic carbocycles. The number of thioether (sulfide) groups is 1. The minimum atomic E-state index is 0.0138. The van der Waals surface area contributed by atoms with Crippen molar-refractivity contribution in [1.29, 1.82) is 0 Å². The van der Waals surface area contributed by atoms with E-state index in [9.17, 15) is 4.79 Å². The van der Waals surface area contributed by atoms with Crippen LogP contribution in [-0.2, 0) is 4.79 Å². The number of aromatic nitrogens is 3. The highest BCUT2D eigenvalue weighted by Crippen LogP contribution is 2.25. The third-order valence-corrected chi connectivity index (χ3v) is 6.53. The van der Waals surface area contributed by atoms with Crippen LogP contribution >= 0.6 is 23.4 Å². The number of hydrogen-bond donors (Lipinski definition) is 1. The Bertz CT molecular complexity index is 996. The molecule has 3 aromatic rings. The predicted octanol–water partition coefficient (Wildman–Crippen LogP) is 3.96. The van der Waals surface area contributed by atoms with E-state index in [1.165, 1.54) is 17.3 Å². The van der Waals surface area contributed by atoms with Crippen molar-refractivity contribution < 1.29 is 4.79 Å². The Morgan fingerprint density at radius 2 is 2.10 bits per heavy atom. The molecule has 30 heavy (non-hydrogen) atoms. The van der Waals surface area contributed by atoms with Gasteiger partial charge < -0.3 is 5.32 Å². The molecule has 1 amide bonds. The van der Waals surface area contributed by atoms with Crippen LogP contribution in [0.15, 0.2) is 66.1 Å². The van der Waals surface area contributed by atoms with Gasteiger partial charge in [0.05, 0.1) is 11.4 Å². The number of rotatable bonds is 7. The minimum Gasteiger partial charge on any atom is -0.351 e. The van der Waals surface area contributed by atoms with E-state index >= 15 is 0 Å². The molecule has 1 aliphatic rings. The van der Waals surface area contributed by atoms with Gasteiger partial charge in [0.15, 0.2) is 5.16 Å². The van der Waals surface area contributed by atoms with Crippen LogP contribution in [0.3, 0.4) is 0 Å². The normalized spacial score (nSPS) is 17.7. The molecule has 1 aromatic heterocycles. The molecule has 0 bridgehead atoms. The van der Waals surface area contributed by atoms with Crippen LogP contribution in [0.2, 0.25) is 5.02 Å². The van der Waals surface area contributed by atoms with Gasteiger partial charge in [-0.15, -0.1) is 10.2 Å². The van der Waals surface area contributed by atoms with Crippen LogP contribution in [-0.4, -0.2) is 50.5 Å². The highest BCUT2D eigenvalue weighted by atomic mass is 35.5. The number of halogens is 1. The fraction of sp³-hybridized carbons (Fsp3) is 0.318. The monoisotopic (exact) mass is 441 g/mol. The lowest BCUT2D eigenvalue weighted by molar-refractivity contribution is -0.119. The standard InChI is InChI=1S/C22H24ClN5OS/c1-16(17-6-3-2-4-7-17)27-11-10-19(13-27)25-21(29)14-30-22-26-24-15-28(22)20-9-5-8-18(23)12-20/h2-9,12,15-16,19H,10-11,13-14H2,1H3,(H,25,29). The maximum Gasteiger partial charge on any atom is 0.230 e. The molecular formula is C22H24ClN5OS. The second-order valence-corrected chi connectivity index (χ2v) is 8.77. The molecule has 4 rings (SSSR count). The molecular weight excluding hydrogens is 418 g/mol. The number of benzene rings is 2. The highest BCUT2D eigenvalue weighted by Gasteiger charge is 2.27. The zero-order valence-electron chi connectivity index (χ0n) is 16.7. The van der Waals surface area contributed by atoms with Crippen LogP contribution in [0.25, 0.3) is 5.69 Å². The molecule has 1 saturated heterocycles. The van der Waals surface area contributed by atoms with E-state index in [4.69, 9.17) is 11.6 Å². The molecule has 2 aromatic carbocycles. The summed E-state index contributed by atoms with van der Waals surface area (Å²) >= 11 is 7.45. The molecule has 0 radical (unpaired) electrons. The summed E-state index contributed by atoms with van der Waals surface area (Å²) in [5, 5.41) is 12.6. The zero-order valence-corrected chi connectivity index (χ0v) is 18.3. The van der Waals surface area contributed by atoms with E-state index < -0.39 is 0 Å². The Hall–Kier alpha value is -2.35. The largest absolute Gasteiger partial charge is 0.351 e. The summed E-state index contributed by atoms with van der Waals surface area (Å²) < 4.78 is 1.84. The number of nitrogens with zero attached hydrogens (tertiary/aromatic N) is 4. The van der Waals surface area contributed by atoms with Gasteiger partial charge in [0, 0.05) is 30.2 Å². The van der Waals surface area contributed by atoms with E-state index in [0.29, 0.717) is 22.0 Å². The molecule has 2 unspecified atom stereocenters. The van der Waals surface area contributed by atoms with Gasteiger partial charge >= 0.3 is 0 Å². The van der Waals surface area contributed by atoms with Crippen LogP contribution in [0, 0.1) is 0 Å². The zero-order chi connectivity index (χ0) is 20.9. The van der Waals surface area contributed by atoms with Gasteiger partial charge in [-0.2, -0.15) is 0 Å². The summed E-state index contributed by atoms with van der Waals surface area (Å²) in [6, 6.07) is 18.5. The topological polar surface area (TPSA) is 63.1 Å². The molecule has 6 nitrogen and oxygen atoms in total. The van der Waals surface area contributed by atoms with Crippen LogP contribution < -0.4 is 5.32 Å². The Morgan fingerprint density at radius 1 is 1.27 bits per heavy atom. The minimum absolute atomic E-state index is 0.0138. The van der Waals surface area contributed by atoms with E-state index in [1.807, 2.05) is 34.9 Å². The smallest absolute Gasteiger partial charge is 0.230 e. The average Bonchev–Trinajstić information content (AvgIpc) is 3.42. The van der Waals surface area contributed by atoms with E-state index in [1.54, 1.807) is 6.33 Å². The summed E-state index contributed by atoms with van der Waals surface area (Å²) in [7, 11) is 0. The lowest BCUT2D eigenvalue weighted by Crippen LogP contribution is -2.38. The first-order valence-electron chi connectivity index (χ1n) is 9.97. The number of carbonyl (C=O) groups excluding carboxylic acids is 1. The molecule has 1 fully saturated rings. The Labute approximate surface area is 185 Å². The maximum atomic E-state index is 12.5. The van der Waals surface area contributed by atoms with Gasteiger partial charge in [-0.05, 0) is 37.1 Å². The van der Waals surface area contributed by atoms with Gasteiger partial charge in [-0.1, -0.05) is 59.8 Å². The SMILES string of the molecule is CC(c1ccccc1)N1CCC(NC(=O)CSc2nncn2-c2cccc(Cl)c2)C1. The average molecular weight is 442 g/mol. The molecule has 8 heteroatoms. The predicted molar refractivity (Wildman–Crippen MR) is 120 cm³/mol. The highest BCUT2D eigenvalue weighted by molar-refractivity contribution is 7.99. The second-order valence-electron chi connectivity index (χ2n) is 7.39.